The smallest absolute Gasteiger partial charge is 0.327 e. The summed E-state index contributed by atoms with van der Waals surface area (Å²) in [6.07, 6.45) is -4.42. The Morgan fingerprint density at radius 2 is 1.58 bits per heavy atom. The Morgan fingerprint density at radius 1 is 1.05 bits per heavy atom. The highest BCUT2D eigenvalue weighted by molar-refractivity contribution is 5.38. The van der Waals surface area contributed by atoms with E-state index in [4.69, 9.17) is 5.73 Å². The van der Waals surface area contributed by atoms with Gasteiger partial charge in [-0.2, -0.15) is 13.2 Å². The number of aryl methyl sites for hydroxylation is 1. The van der Waals surface area contributed by atoms with Gasteiger partial charge in [-0.15, -0.1) is 0 Å². The van der Waals surface area contributed by atoms with E-state index >= 15 is 4.39 Å². The number of halogens is 4. The summed E-state index contributed by atoms with van der Waals surface area (Å²) in [5, 5.41) is 0. The third kappa shape index (κ3) is 2.91. The molecule has 5 heteroatoms. The molecule has 0 aromatic heterocycles. The maximum absolute atomic E-state index is 15.0. The molecule has 0 spiro atoms. The van der Waals surface area contributed by atoms with Crippen LogP contribution in [0.1, 0.15) is 37.5 Å². The van der Waals surface area contributed by atoms with Crippen LogP contribution >= 0.6 is 0 Å². The highest BCUT2D eigenvalue weighted by atomic mass is 19.4. The lowest BCUT2D eigenvalue weighted by molar-refractivity contribution is -0.137. The van der Waals surface area contributed by atoms with E-state index in [1.54, 1.807) is 20.8 Å². The molecule has 1 rings (SSSR count). The van der Waals surface area contributed by atoms with E-state index in [2.05, 4.69) is 0 Å². The SMILES string of the molecule is Cc1cc(C(F)(F)F)ccc1C(F)(CN)C(C)(C)C. The number of rotatable bonds is 2. The first-order valence-corrected chi connectivity index (χ1v) is 6.01. The third-order valence-corrected chi connectivity index (χ3v) is 3.45. The summed E-state index contributed by atoms with van der Waals surface area (Å²) in [5.41, 5.74) is 2.57. The van der Waals surface area contributed by atoms with Gasteiger partial charge in [-0.25, -0.2) is 4.39 Å². The molecule has 0 aliphatic heterocycles. The zero-order chi connectivity index (χ0) is 15.1. The van der Waals surface area contributed by atoms with Gasteiger partial charge < -0.3 is 5.73 Å². The summed E-state index contributed by atoms with van der Waals surface area (Å²) in [6, 6.07) is 3.05. The lowest BCUT2D eigenvalue weighted by Crippen LogP contribution is -2.43. The van der Waals surface area contributed by atoms with Crippen LogP contribution in [0.5, 0.6) is 0 Å². The fourth-order valence-corrected chi connectivity index (χ4v) is 2.10. The minimum Gasteiger partial charge on any atom is -0.327 e. The van der Waals surface area contributed by atoms with Crippen molar-refractivity contribution in [3.63, 3.8) is 0 Å². The van der Waals surface area contributed by atoms with Crippen LogP contribution in [0.4, 0.5) is 17.6 Å². The lowest BCUT2D eigenvalue weighted by atomic mass is 9.72. The van der Waals surface area contributed by atoms with E-state index < -0.39 is 22.8 Å². The van der Waals surface area contributed by atoms with Gasteiger partial charge in [0.15, 0.2) is 5.67 Å². The summed E-state index contributed by atoms with van der Waals surface area (Å²) in [5.74, 6) is 0. The molecule has 1 nitrogen and oxygen atoms in total. The van der Waals surface area contributed by atoms with Crippen molar-refractivity contribution in [3.8, 4) is 0 Å². The Labute approximate surface area is 110 Å². The number of hydrogen-bond acceptors (Lipinski definition) is 1. The fourth-order valence-electron chi connectivity index (χ4n) is 2.10. The monoisotopic (exact) mass is 277 g/mol. The van der Waals surface area contributed by atoms with Crippen LogP contribution < -0.4 is 5.73 Å². The highest BCUT2D eigenvalue weighted by Crippen LogP contribution is 2.44. The van der Waals surface area contributed by atoms with Crippen molar-refractivity contribution in [2.45, 2.75) is 39.5 Å². The van der Waals surface area contributed by atoms with E-state index in [9.17, 15) is 13.2 Å². The molecule has 108 valence electrons. The Bertz CT molecular complexity index is 459. The minimum absolute atomic E-state index is 0.218. The molecule has 0 heterocycles. The molecule has 1 unspecified atom stereocenters. The van der Waals surface area contributed by atoms with Crippen molar-refractivity contribution in [1.82, 2.24) is 0 Å². The first-order valence-electron chi connectivity index (χ1n) is 6.01. The summed E-state index contributed by atoms with van der Waals surface area (Å²) < 4.78 is 52.8. The predicted octanol–water partition coefficient (Wildman–Crippen LogP) is 4.18. The first-order chi connectivity index (χ1) is 8.43. The predicted molar refractivity (Wildman–Crippen MR) is 67.5 cm³/mol. The van der Waals surface area contributed by atoms with Crippen LogP contribution in [0.3, 0.4) is 0 Å². The number of hydrogen-bond donors (Lipinski definition) is 1. The van der Waals surface area contributed by atoms with E-state index in [1.165, 1.54) is 13.0 Å². The normalized spacial score (nSPS) is 16.3. The molecule has 0 amide bonds. The molecule has 1 aromatic rings. The average Bonchev–Trinajstić information content (AvgIpc) is 2.25. The van der Waals surface area contributed by atoms with Crippen LogP contribution in [0.25, 0.3) is 0 Å². The molecule has 0 bridgehead atoms. The zero-order valence-corrected chi connectivity index (χ0v) is 11.5. The molecule has 1 aromatic carbocycles. The number of benzene rings is 1. The van der Waals surface area contributed by atoms with Crippen LogP contribution in [0, 0.1) is 12.3 Å². The van der Waals surface area contributed by atoms with Gasteiger partial charge >= 0.3 is 6.18 Å². The Hall–Kier alpha value is -1.10. The summed E-state index contributed by atoms with van der Waals surface area (Å²) in [6.45, 7) is 6.23. The molecule has 1 atom stereocenters. The summed E-state index contributed by atoms with van der Waals surface area (Å²) in [4.78, 5) is 0. The maximum atomic E-state index is 15.0. The summed E-state index contributed by atoms with van der Waals surface area (Å²) >= 11 is 0. The molecule has 0 aliphatic carbocycles. The van der Waals surface area contributed by atoms with E-state index in [-0.39, 0.29) is 17.7 Å². The highest BCUT2D eigenvalue weighted by Gasteiger charge is 2.44. The number of alkyl halides is 4. The van der Waals surface area contributed by atoms with E-state index in [1.807, 2.05) is 0 Å². The second-order valence-electron chi connectivity index (χ2n) is 5.78. The average molecular weight is 277 g/mol. The zero-order valence-electron chi connectivity index (χ0n) is 11.5. The third-order valence-electron chi connectivity index (χ3n) is 3.45. The topological polar surface area (TPSA) is 26.0 Å². The molecule has 0 radical (unpaired) electrons. The van der Waals surface area contributed by atoms with Crippen LogP contribution in [0.15, 0.2) is 18.2 Å². The van der Waals surface area contributed by atoms with Crippen molar-refractivity contribution in [3.05, 3.63) is 34.9 Å². The lowest BCUT2D eigenvalue weighted by Gasteiger charge is -2.38. The standard InChI is InChI=1S/C14H19F4N/c1-9-7-10(14(16,17)18)5-6-11(9)13(15,8-19)12(2,3)4/h5-7H,8,19H2,1-4H3. The Balaban J connectivity index is 3.37. The molecule has 19 heavy (non-hydrogen) atoms. The van der Waals surface area contributed by atoms with E-state index in [0.717, 1.165) is 12.1 Å². The molecular formula is C14H19F4N. The minimum atomic E-state index is -4.42. The van der Waals surface area contributed by atoms with Crippen LogP contribution in [0.2, 0.25) is 0 Å². The summed E-state index contributed by atoms with van der Waals surface area (Å²) in [7, 11) is 0. The molecule has 0 saturated carbocycles. The largest absolute Gasteiger partial charge is 0.416 e. The van der Waals surface area contributed by atoms with Gasteiger partial charge in [0.25, 0.3) is 0 Å². The molecular weight excluding hydrogens is 258 g/mol. The quantitative estimate of drug-likeness (QED) is 0.806. The second-order valence-corrected chi connectivity index (χ2v) is 5.78. The molecule has 0 aliphatic rings. The van der Waals surface area contributed by atoms with Crippen molar-refractivity contribution >= 4 is 0 Å². The van der Waals surface area contributed by atoms with Crippen molar-refractivity contribution in [2.75, 3.05) is 6.54 Å². The van der Waals surface area contributed by atoms with Crippen LogP contribution in [-0.4, -0.2) is 6.54 Å². The van der Waals surface area contributed by atoms with Crippen LogP contribution in [-0.2, 0) is 11.8 Å². The fraction of sp³-hybridized carbons (Fsp3) is 0.571. The molecule has 0 saturated heterocycles. The maximum Gasteiger partial charge on any atom is 0.416 e. The first kappa shape index (κ1) is 16.0. The Morgan fingerprint density at radius 3 is 1.89 bits per heavy atom. The van der Waals surface area contributed by atoms with Gasteiger partial charge in [-0.3, -0.25) is 0 Å². The number of nitrogens with two attached hydrogens (primary N) is 1. The van der Waals surface area contributed by atoms with Crippen molar-refractivity contribution in [1.29, 1.82) is 0 Å². The van der Waals surface area contributed by atoms with E-state index in [0.29, 0.717) is 0 Å². The van der Waals surface area contributed by atoms with Crippen molar-refractivity contribution in [2.24, 2.45) is 11.1 Å². The van der Waals surface area contributed by atoms with Gasteiger partial charge in [0.2, 0.25) is 0 Å². The van der Waals surface area contributed by atoms with Gasteiger partial charge in [0, 0.05) is 12.0 Å². The van der Waals surface area contributed by atoms with Crippen molar-refractivity contribution < 1.29 is 17.6 Å². The van der Waals surface area contributed by atoms with Gasteiger partial charge in [0.1, 0.15) is 0 Å². The van der Waals surface area contributed by atoms with Gasteiger partial charge in [0.05, 0.1) is 5.56 Å². The Kier molecular flexibility index (Phi) is 4.01. The van der Waals surface area contributed by atoms with Gasteiger partial charge in [-0.05, 0) is 30.2 Å². The molecule has 2 N–H and O–H groups in total. The molecule has 0 fully saturated rings. The second kappa shape index (κ2) is 4.78. The van der Waals surface area contributed by atoms with Gasteiger partial charge in [-0.1, -0.05) is 26.8 Å².